The summed E-state index contributed by atoms with van der Waals surface area (Å²) in [5, 5.41) is 3.05. The van der Waals surface area contributed by atoms with Crippen molar-refractivity contribution < 1.29 is 4.79 Å². The van der Waals surface area contributed by atoms with Crippen LogP contribution in [0.4, 0.5) is 0 Å². The normalized spacial score (nSPS) is 32.9. The van der Waals surface area contributed by atoms with Crippen molar-refractivity contribution in [2.24, 2.45) is 17.3 Å². The van der Waals surface area contributed by atoms with Crippen molar-refractivity contribution in [3.8, 4) is 0 Å². The van der Waals surface area contributed by atoms with Gasteiger partial charge in [-0.25, -0.2) is 0 Å². The summed E-state index contributed by atoms with van der Waals surface area (Å²) in [4.78, 5) is 11.7. The van der Waals surface area contributed by atoms with E-state index in [1.807, 2.05) is 0 Å². The largest absolute Gasteiger partial charge is 0.356 e. The maximum absolute atomic E-state index is 11.7. The fourth-order valence-corrected chi connectivity index (χ4v) is 3.22. The Morgan fingerprint density at radius 1 is 1.47 bits per heavy atom. The molecule has 0 heterocycles. The lowest BCUT2D eigenvalue weighted by Gasteiger charge is -2.37. The van der Waals surface area contributed by atoms with Crippen LogP contribution in [0.2, 0.25) is 0 Å². The summed E-state index contributed by atoms with van der Waals surface area (Å²) >= 11 is 0. The van der Waals surface area contributed by atoms with Gasteiger partial charge in [-0.3, -0.25) is 4.79 Å². The van der Waals surface area contributed by atoms with Gasteiger partial charge < -0.3 is 5.32 Å². The number of rotatable bonds is 5. The molecule has 0 aromatic heterocycles. The lowest BCUT2D eigenvalue weighted by Crippen LogP contribution is -2.35. The fourth-order valence-electron chi connectivity index (χ4n) is 3.22. The summed E-state index contributed by atoms with van der Waals surface area (Å²) in [5.74, 6) is 1.94. The van der Waals surface area contributed by atoms with Gasteiger partial charge in [0.15, 0.2) is 0 Å². The van der Waals surface area contributed by atoms with Gasteiger partial charge in [0, 0.05) is 13.0 Å². The third-order valence-corrected chi connectivity index (χ3v) is 4.11. The van der Waals surface area contributed by atoms with Gasteiger partial charge in [0.05, 0.1) is 0 Å². The van der Waals surface area contributed by atoms with E-state index < -0.39 is 0 Å². The number of hydrogen-bond donors (Lipinski definition) is 1. The Morgan fingerprint density at radius 3 is 2.73 bits per heavy atom. The number of hydrogen-bond acceptors (Lipinski definition) is 1. The average molecular weight is 209 g/mol. The van der Waals surface area contributed by atoms with Crippen molar-refractivity contribution >= 4 is 5.91 Å². The van der Waals surface area contributed by atoms with Crippen LogP contribution in [0.5, 0.6) is 0 Å². The predicted octanol–water partition coefficient (Wildman–Crippen LogP) is 2.73. The van der Waals surface area contributed by atoms with E-state index in [-0.39, 0.29) is 5.91 Å². The zero-order valence-corrected chi connectivity index (χ0v) is 10.0. The first-order chi connectivity index (χ1) is 7.10. The molecule has 0 aromatic rings. The average Bonchev–Trinajstić information content (AvgIpc) is 2.61. The molecule has 0 aliphatic heterocycles. The Morgan fingerprint density at radius 2 is 2.20 bits per heavy atom. The van der Waals surface area contributed by atoms with Crippen LogP contribution in [0.3, 0.4) is 0 Å². The molecule has 86 valence electrons. The zero-order chi connectivity index (χ0) is 10.9. The smallest absolute Gasteiger partial charge is 0.220 e. The highest BCUT2D eigenvalue weighted by molar-refractivity contribution is 5.76. The molecule has 3 aliphatic carbocycles. The van der Waals surface area contributed by atoms with Crippen LogP contribution >= 0.6 is 0 Å². The van der Waals surface area contributed by atoms with Crippen LogP contribution in [0, 0.1) is 17.3 Å². The van der Waals surface area contributed by atoms with E-state index in [1.54, 1.807) is 0 Å². The van der Waals surface area contributed by atoms with E-state index >= 15 is 0 Å². The molecule has 0 radical (unpaired) electrons. The highest BCUT2D eigenvalue weighted by Crippen LogP contribution is 2.60. The van der Waals surface area contributed by atoms with E-state index in [0.717, 1.165) is 25.3 Å². The van der Waals surface area contributed by atoms with Crippen LogP contribution in [0.1, 0.15) is 52.4 Å². The number of fused-ring (bicyclic) bond motifs is 1. The highest BCUT2D eigenvalue weighted by atomic mass is 16.1. The molecular formula is C13H23NO. The van der Waals surface area contributed by atoms with Crippen molar-refractivity contribution in [3.05, 3.63) is 0 Å². The highest BCUT2D eigenvalue weighted by Gasteiger charge is 2.50. The minimum absolute atomic E-state index is 0.288. The maximum Gasteiger partial charge on any atom is 0.220 e. The molecule has 2 bridgehead atoms. The van der Waals surface area contributed by atoms with Crippen LogP contribution in [-0.4, -0.2) is 12.5 Å². The number of nitrogens with one attached hydrogen (secondary N) is 1. The van der Waals surface area contributed by atoms with Gasteiger partial charge in [-0.2, -0.15) is 0 Å². The molecule has 3 rings (SSSR count). The van der Waals surface area contributed by atoms with Crippen LogP contribution < -0.4 is 5.32 Å². The van der Waals surface area contributed by atoms with Crippen LogP contribution in [-0.2, 0) is 4.79 Å². The second kappa shape index (κ2) is 4.15. The molecule has 0 saturated heterocycles. The fraction of sp³-hybridized carbons (Fsp3) is 0.923. The summed E-state index contributed by atoms with van der Waals surface area (Å²) in [6.45, 7) is 5.24. The zero-order valence-electron chi connectivity index (χ0n) is 10.0. The van der Waals surface area contributed by atoms with E-state index in [1.165, 1.54) is 25.7 Å². The topological polar surface area (TPSA) is 29.1 Å². The van der Waals surface area contributed by atoms with Crippen LogP contribution in [0.15, 0.2) is 0 Å². The van der Waals surface area contributed by atoms with Crippen LogP contribution in [0.25, 0.3) is 0 Å². The standard InChI is InChI=1S/C13H23NO/c1-10(2)4-6-14-12(15)9-13-5-3-11(7-13)8-13/h10-11H,3-9H2,1-2H3,(H,14,15). The van der Waals surface area contributed by atoms with Crippen molar-refractivity contribution in [3.63, 3.8) is 0 Å². The maximum atomic E-state index is 11.7. The quantitative estimate of drug-likeness (QED) is 0.741. The minimum atomic E-state index is 0.288. The summed E-state index contributed by atoms with van der Waals surface area (Å²) in [7, 11) is 0. The van der Waals surface area contributed by atoms with Gasteiger partial charge in [-0.1, -0.05) is 13.8 Å². The molecular weight excluding hydrogens is 186 g/mol. The second-order valence-corrected chi connectivity index (χ2v) is 6.02. The van der Waals surface area contributed by atoms with Crippen molar-refractivity contribution in [1.29, 1.82) is 0 Å². The predicted molar refractivity (Wildman–Crippen MR) is 61.5 cm³/mol. The lowest BCUT2D eigenvalue weighted by molar-refractivity contribution is -0.124. The molecule has 1 N–H and O–H groups in total. The molecule has 15 heavy (non-hydrogen) atoms. The second-order valence-electron chi connectivity index (χ2n) is 6.02. The molecule has 0 spiro atoms. The Kier molecular flexibility index (Phi) is 3.03. The molecule has 2 nitrogen and oxygen atoms in total. The number of amides is 1. The molecule has 0 aromatic carbocycles. The van der Waals surface area contributed by atoms with E-state index in [0.29, 0.717) is 11.3 Å². The third kappa shape index (κ3) is 2.53. The van der Waals surface area contributed by atoms with Gasteiger partial charge in [0.25, 0.3) is 0 Å². The van der Waals surface area contributed by atoms with Crippen molar-refractivity contribution in [2.45, 2.75) is 52.4 Å². The first-order valence-electron chi connectivity index (χ1n) is 6.36. The van der Waals surface area contributed by atoms with Crippen molar-refractivity contribution in [2.75, 3.05) is 6.54 Å². The molecule has 3 aliphatic rings. The summed E-state index contributed by atoms with van der Waals surface area (Å²) in [5.41, 5.74) is 0.437. The number of carbonyl (C=O) groups excluding carboxylic acids is 1. The molecule has 3 saturated carbocycles. The Balaban J connectivity index is 1.65. The van der Waals surface area contributed by atoms with Gasteiger partial charge in [0.1, 0.15) is 0 Å². The third-order valence-electron chi connectivity index (χ3n) is 4.11. The minimum Gasteiger partial charge on any atom is -0.356 e. The van der Waals surface area contributed by atoms with E-state index in [2.05, 4.69) is 19.2 Å². The Bertz CT molecular complexity index is 235. The van der Waals surface area contributed by atoms with Gasteiger partial charge in [-0.05, 0) is 49.4 Å². The Hall–Kier alpha value is -0.530. The number of carbonyl (C=O) groups is 1. The van der Waals surface area contributed by atoms with E-state index in [9.17, 15) is 4.79 Å². The summed E-state index contributed by atoms with van der Waals surface area (Å²) < 4.78 is 0. The first kappa shape index (κ1) is 11.0. The molecule has 2 heteroatoms. The van der Waals surface area contributed by atoms with Gasteiger partial charge in [-0.15, -0.1) is 0 Å². The lowest BCUT2D eigenvalue weighted by atomic mass is 9.67. The SMILES string of the molecule is CC(C)CCNC(=O)CC12CCC(C1)C2. The molecule has 1 amide bonds. The van der Waals surface area contributed by atoms with E-state index in [4.69, 9.17) is 0 Å². The molecule has 0 atom stereocenters. The first-order valence-corrected chi connectivity index (χ1v) is 6.36. The van der Waals surface area contributed by atoms with Gasteiger partial charge >= 0.3 is 0 Å². The molecule has 3 fully saturated rings. The molecule has 0 unspecified atom stereocenters. The summed E-state index contributed by atoms with van der Waals surface area (Å²) in [6.07, 6.45) is 7.21. The Labute approximate surface area is 92.8 Å². The summed E-state index contributed by atoms with van der Waals surface area (Å²) in [6, 6.07) is 0. The monoisotopic (exact) mass is 209 g/mol. The van der Waals surface area contributed by atoms with Crippen molar-refractivity contribution in [1.82, 2.24) is 5.32 Å². The van der Waals surface area contributed by atoms with Gasteiger partial charge in [0.2, 0.25) is 5.91 Å².